The highest BCUT2D eigenvalue weighted by Gasteiger charge is 2.24. The van der Waals surface area contributed by atoms with E-state index in [1.54, 1.807) is 20.0 Å². The van der Waals surface area contributed by atoms with Gasteiger partial charge < -0.3 is 19.1 Å². The van der Waals surface area contributed by atoms with E-state index >= 15 is 0 Å². The number of rotatable bonds is 7. The summed E-state index contributed by atoms with van der Waals surface area (Å²) in [6.07, 6.45) is 3.89. The van der Waals surface area contributed by atoms with Gasteiger partial charge in [-0.25, -0.2) is 4.99 Å². The lowest BCUT2D eigenvalue weighted by Crippen LogP contribution is -2.26. The summed E-state index contributed by atoms with van der Waals surface area (Å²) in [5.41, 5.74) is 0.828. The van der Waals surface area contributed by atoms with Crippen LogP contribution in [-0.4, -0.2) is 25.8 Å². The van der Waals surface area contributed by atoms with Gasteiger partial charge in [-0.3, -0.25) is 4.57 Å². The van der Waals surface area contributed by atoms with Gasteiger partial charge in [-0.2, -0.15) is 0 Å². The molecule has 1 aromatic carbocycles. The lowest BCUT2D eigenvalue weighted by atomic mass is 10.2. The topological polar surface area (TPSA) is 69.2 Å². The second kappa shape index (κ2) is 8.13. The van der Waals surface area contributed by atoms with Crippen LogP contribution in [0.2, 0.25) is 0 Å². The van der Waals surface area contributed by atoms with Crippen molar-refractivity contribution in [3.05, 3.63) is 42.1 Å². The summed E-state index contributed by atoms with van der Waals surface area (Å²) in [6, 6.07) is 7.78. The summed E-state index contributed by atoms with van der Waals surface area (Å²) < 4.78 is 28.8. The summed E-state index contributed by atoms with van der Waals surface area (Å²) in [6.45, 7) is 4.88. The zero-order valence-corrected chi connectivity index (χ0v) is 13.7. The standard InChI is InChI=1S/C15H21N2O4P/c1-3-19-22(18,20-4-2)12-13-7-5-8-14(11-13)21-15-16-9-6-10-17-15/h5-9,11H,3-4,10,12H2,1-2H3,(H,16,17). The summed E-state index contributed by atoms with van der Waals surface area (Å²) in [7, 11) is -3.12. The first-order valence-corrected chi connectivity index (χ1v) is 8.99. The van der Waals surface area contributed by atoms with Crippen molar-refractivity contribution in [3.63, 3.8) is 0 Å². The number of nitrogens with zero attached hydrogens (tertiary/aromatic N) is 1. The lowest BCUT2D eigenvalue weighted by molar-refractivity contribution is 0.219. The van der Waals surface area contributed by atoms with Crippen LogP contribution >= 0.6 is 7.60 Å². The van der Waals surface area contributed by atoms with Crippen LogP contribution in [-0.2, 0) is 19.8 Å². The van der Waals surface area contributed by atoms with Crippen LogP contribution < -0.4 is 10.1 Å². The average molecular weight is 324 g/mol. The van der Waals surface area contributed by atoms with Crippen LogP contribution in [0.3, 0.4) is 0 Å². The molecular formula is C15H21N2O4P. The van der Waals surface area contributed by atoms with Gasteiger partial charge >= 0.3 is 7.60 Å². The van der Waals surface area contributed by atoms with Gasteiger partial charge in [0.1, 0.15) is 5.75 Å². The van der Waals surface area contributed by atoms with Crippen LogP contribution in [0, 0.1) is 0 Å². The molecule has 0 atom stereocenters. The van der Waals surface area contributed by atoms with E-state index in [0.29, 0.717) is 31.5 Å². The quantitative estimate of drug-likeness (QED) is 0.779. The minimum Gasteiger partial charge on any atom is -0.426 e. The number of nitrogens with one attached hydrogen (secondary N) is 1. The Morgan fingerprint density at radius 1 is 1.27 bits per heavy atom. The van der Waals surface area contributed by atoms with Crippen molar-refractivity contribution in [2.45, 2.75) is 20.0 Å². The third-order valence-electron chi connectivity index (χ3n) is 2.81. The molecule has 6 nitrogen and oxygen atoms in total. The molecule has 1 N–H and O–H groups in total. The minimum absolute atomic E-state index is 0.214. The Kier molecular flexibility index (Phi) is 6.19. The smallest absolute Gasteiger partial charge is 0.335 e. The molecule has 120 valence electrons. The Morgan fingerprint density at radius 3 is 2.68 bits per heavy atom. The van der Waals surface area contributed by atoms with Crippen LogP contribution in [0.5, 0.6) is 5.75 Å². The second-order valence-electron chi connectivity index (χ2n) is 4.55. The fourth-order valence-electron chi connectivity index (χ4n) is 1.99. The van der Waals surface area contributed by atoms with E-state index in [2.05, 4.69) is 10.3 Å². The number of aliphatic imine (C=N–C) groups is 1. The fraction of sp³-hybridized carbons (Fsp3) is 0.400. The number of amidine groups is 1. The summed E-state index contributed by atoms with van der Waals surface area (Å²) in [5, 5.41) is 2.92. The highest BCUT2D eigenvalue weighted by Crippen LogP contribution is 2.51. The van der Waals surface area contributed by atoms with Crippen LogP contribution in [0.25, 0.3) is 0 Å². The number of hydrogen-bond acceptors (Lipinski definition) is 6. The Bertz CT molecular complexity index is 591. The van der Waals surface area contributed by atoms with Gasteiger partial charge in [0.05, 0.1) is 25.9 Å². The van der Waals surface area contributed by atoms with E-state index in [1.165, 1.54) is 0 Å². The molecule has 0 fully saturated rings. The molecule has 2 rings (SSSR count). The molecule has 0 bridgehead atoms. The molecule has 0 unspecified atom stereocenters. The van der Waals surface area contributed by atoms with Gasteiger partial charge in [-0.15, -0.1) is 0 Å². The van der Waals surface area contributed by atoms with Gasteiger partial charge in [0.25, 0.3) is 6.02 Å². The van der Waals surface area contributed by atoms with Crippen molar-refractivity contribution in [3.8, 4) is 5.75 Å². The first-order chi connectivity index (χ1) is 10.6. The average Bonchev–Trinajstić information content (AvgIpc) is 2.49. The van der Waals surface area contributed by atoms with Crippen molar-refractivity contribution in [1.82, 2.24) is 5.32 Å². The normalized spacial score (nSPS) is 14.4. The predicted molar refractivity (Wildman–Crippen MR) is 86.2 cm³/mol. The molecule has 1 aliphatic heterocycles. The monoisotopic (exact) mass is 324 g/mol. The fourth-order valence-corrected chi connectivity index (χ4v) is 3.68. The van der Waals surface area contributed by atoms with Crippen molar-refractivity contribution < 1.29 is 18.3 Å². The molecule has 7 heteroatoms. The Morgan fingerprint density at radius 2 is 2.05 bits per heavy atom. The molecule has 0 amide bonds. The molecule has 0 saturated carbocycles. The first-order valence-electron chi connectivity index (χ1n) is 7.26. The van der Waals surface area contributed by atoms with E-state index in [9.17, 15) is 4.57 Å². The number of hydrogen-bond donors (Lipinski definition) is 1. The molecule has 0 radical (unpaired) electrons. The maximum Gasteiger partial charge on any atom is 0.335 e. The predicted octanol–water partition coefficient (Wildman–Crippen LogP) is 3.30. The van der Waals surface area contributed by atoms with Crippen molar-refractivity contribution in [2.75, 3.05) is 19.8 Å². The molecule has 1 aromatic rings. The van der Waals surface area contributed by atoms with Crippen LogP contribution in [0.15, 0.2) is 41.5 Å². The molecule has 1 aliphatic rings. The van der Waals surface area contributed by atoms with Gasteiger partial charge in [0, 0.05) is 6.20 Å². The highest BCUT2D eigenvalue weighted by molar-refractivity contribution is 7.53. The van der Waals surface area contributed by atoms with Gasteiger partial charge in [-0.05, 0) is 37.6 Å². The third-order valence-corrected chi connectivity index (χ3v) is 4.86. The van der Waals surface area contributed by atoms with Crippen LogP contribution in [0.4, 0.5) is 0 Å². The van der Waals surface area contributed by atoms with Crippen molar-refractivity contribution >= 4 is 13.6 Å². The number of benzene rings is 1. The Labute approximate surface area is 130 Å². The van der Waals surface area contributed by atoms with E-state index in [0.717, 1.165) is 5.56 Å². The number of ether oxygens (including phenoxy) is 1. The Balaban J connectivity index is 2.07. The van der Waals surface area contributed by atoms with E-state index in [4.69, 9.17) is 13.8 Å². The zero-order chi connectivity index (χ0) is 15.8. The van der Waals surface area contributed by atoms with E-state index in [1.807, 2.05) is 30.3 Å². The van der Waals surface area contributed by atoms with Gasteiger partial charge in [-0.1, -0.05) is 12.1 Å². The summed E-state index contributed by atoms with van der Waals surface area (Å²) in [4.78, 5) is 4.18. The Hall–Kier alpha value is -1.62. The van der Waals surface area contributed by atoms with Gasteiger partial charge in [0.2, 0.25) is 0 Å². The summed E-state index contributed by atoms with van der Waals surface area (Å²) in [5.74, 6) is 0.624. The van der Waals surface area contributed by atoms with E-state index in [-0.39, 0.29) is 6.16 Å². The largest absolute Gasteiger partial charge is 0.426 e. The van der Waals surface area contributed by atoms with Gasteiger partial charge in [0.15, 0.2) is 0 Å². The lowest BCUT2D eigenvalue weighted by Gasteiger charge is -2.17. The molecule has 0 aromatic heterocycles. The maximum absolute atomic E-state index is 12.6. The van der Waals surface area contributed by atoms with Crippen molar-refractivity contribution in [2.24, 2.45) is 4.99 Å². The zero-order valence-electron chi connectivity index (χ0n) is 12.8. The highest BCUT2D eigenvalue weighted by atomic mass is 31.2. The second-order valence-corrected chi connectivity index (χ2v) is 6.60. The molecule has 0 aliphatic carbocycles. The molecule has 0 saturated heterocycles. The van der Waals surface area contributed by atoms with E-state index < -0.39 is 7.60 Å². The van der Waals surface area contributed by atoms with Crippen LogP contribution in [0.1, 0.15) is 19.4 Å². The third kappa shape index (κ3) is 4.98. The molecule has 1 heterocycles. The SMILES string of the molecule is CCOP(=O)(Cc1cccc(OC2=NCC=CN2)c1)OCC. The summed E-state index contributed by atoms with van der Waals surface area (Å²) >= 11 is 0. The first kappa shape index (κ1) is 16.7. The minimum atomic E-state index is -3.12. The van der Waals surface area contributed by atoms with Crippen molar-refractivity contribution in [1.29, 1.82) is 0 Å². The molecular weight excluding hydrogens is 303 g/mol. The molecule has 22 heavy (non-hydrogen) atoms. The maximum atomic E-state index is 12.6. The molecule has 0 spiro atoms.